The maximum atomic E-state index is 13.1. The molecule has 0 amide bonds. The van der Waals surface area contributed by atoms with Gasteiger partial charge in [0.05, 0.1) is 26.4 Å². The molecule has 3 N–H and O–H groups in total. The van der Waals surface area contributed by atoms with E-state index in [1.54, 1.807) is 0 Å². The Labute approximate surface area is 575 Å². The zero-order chi connectivity index (χ0) is 69.1. The zero-order valence-corrected chi connectivity index (χ0v) is 62.9. The molecule has 0 heterocycles. The number of phosphoric acid groups is 2. The third kappa shape index (κ3) is 68.6. The lowest BCUT2D eigenvalue weighted by molar-refractivity contribution is -0.161. The van der Waals surface area contributed by atoms with Crippen LogP contribution in [0.25, 0.3) is 0 Å². The first kappa shape index (κ1) is 92.1. The fourth-order valence-corrected chi connectivity index (χ4v) is 13.1. The van der Waals surface area contributed by atoms with Crippen molar-refractivity contribution >= 4 is 39.5 Å². The van der Waals surface area contributed by atoms with Crippen LogP contribution in [0, 0.1) is 5.92 Å². The molecule has 2 unspecified atom stereocenters. The van der Waals surface area contributed by atoms with Gasteiger partial charge in [0.1, 0.15) is 19.3 Å². The lowest BCUT2D eigenvalue weighted by Gasteiger charge is -2.21. The van der Waals surface area contributed by atoms with Crippen molar-refractivity contribution in [1.29, 1.82) is 0 Å². The average molecular weight is 1380 g/mol. The Morgan fingerprint density at radius 3 is 0.723 bits per heavy atom. The highest BCUT2D eigenvalue weighted by molar-refractivity contribution is 7.47. The first-order chi connectivity index (χ1) is 45.5. The molecular weight excluding hydrogens is 1230 g/mol. The Morgan fingerprint density at radius 2 is 0.489 bits per heavy atom. The van der Waals surface area contributed by atoms with Gasteiger partial charge < -0.3 is 33.8 Å². The molecule has 0 aromatic heterocycles. The summed E-state index contributed by atoms with van der Waals surface area (Å²) in [6.07, 6.45) is 57.3. The number of aliphatic hydroxyl groups is 1. The largest absolute Gasteiger partial charge is 0.472 e. The minimum Gasteiger partial charge on any atom is -0.462 e. The monoisotopic (exact) mass is 1380 g/mol. The molecule has 5 atom stereocenters. The highest BCUT2D eigenvalue weighted by atomic mass is 31.2. The molecule has 0 aromatic rings. The van der Waals surface area contributed by atoms with Crippen molar-refractivity contribution in [3.05, 3.63) is 0 Å². The van der Waals surface area contributed by atoms with Gasteiger partial charge in [0.15, 0.2) is 12.2 Å². The summed E-state index contributed by atoms with van der Waals surface area (Å²) < 4.78 is 68.3. The Hall–Kier alpha value is -1.94. The summed E-state index contributed by atoms with van der Waals surface area (Å²) in [6.45, 7) is 7.16. The van der Waals surface area contributed by atoms with Crippen molar-refractivity contribution in [2.45, 2.75) is 412 Å². The van der Waals surface area contributed by atoms with E-state index in [0.717, 1.165) is 96.3 Å². The minimum absolute atomic E-state index is 0.102. The summed E-state index contributed by atoms with van der Waals surface area (Å²) in [5.74, 6) is -1.45. The van der Waals surface area contributed by atoms with Crippen molar-refractivity contribution in [1.82, 2.24) is 0 Å². The second-order valence-corrected chi connectivity index (χ2v) is 30.4. The quantitative estimate of drug-likeness (QED) is 0.0222. The number of carbonyl (C=O) groups excluding carboxylic acids is 4. The van der Waals surface area contributed by atoms with E-state index in [4.69, 9.17) is 37.0 Å². The van der Waals surface area contributed by atoms with E-state index in [2.05, 4.69) is 34.6 Å². The van der Waals surface area contributed by atoms with Gasteiger partial charge in [0, 0.05) is 25.7 Å². The van der Waals surface area contributed by atoms with Crippen LogP contribution in [0.3, 0.4) is 0 Å². The van der Waals surface area contributed by atoms with Crippen molar-refractivity contribution in [3.8, 4) is 0 Å². The van der Waals surface area contributed by atoms with Gasteiger partial charge in [-0.15, -0.1) is 0 Å². The number of rotatable bonds is 75. The van der Waals surface area contributed by atoms with Gasteiger partial charge in [0.25, 0.3) is 0 Å². The van der Waals surface area contributed by atoms with Crippen LogP contribution in [0.1, 0.15) is 394 Å². The fraction of sp³-hybridized carbons (Fsp3) is 0.947. The summed E-state index contributed by atoms with van der Waals surface area (Å²) >= 11 is 0. The molecule has 0 aliphatic heterocycles. The van der Waals surface area contributed by atoms with Crippen LogP contribution in [0.5, 0.6) is 0 Å². The van der Waals surface area contributed by atoms with Crippen molar-refractivity contribution in [2.24, 2.45) is 5.92 Å². The molecule has 0 aromatic carbocycles. The van der Waals surface area contributed by atoms with E-state index in [9.17, 15) is 43.2 Å². The van der Waals surface area contributed by atoms with E-state index in [1.165, 1.54) is 212 Å². The molecule has 0 aliphatic rings. The highest BCUT2D eigenvalue weighted by Gasteiger charge is 2.30. The van der Waals surface area contributed by atoms with Crippen LogP contribution < -0.4 is 0 Å². The number of ether oxygens (including phenoxy) is 4. The number of aliphatic hydroxyl groups excluding tert-OH is 1. The number of hydrogen-bond acceptors (Lipinski definition) is 15. The fourth-order valence-electron chi connectivity index (χ4n) is 11.5. The molecule has 0 radical (unpaired) electrons. The summed E-state index contributed by atoms with van der Waals surface area (Å²) in [5.41, 5.74) is 0. The molecule has 0 aliphatic carbocycles. The second-order valence-electron chi connectivity index (χ2n) is 27.5. The van der Waals surface area contributed by atoms with Crippen LogP contribution in [0.15, 0.2) is 0 Å². The van der Waals surface area contributed by atoms with Crippen LogP contribution in [-0.2, 0) is 65.4 Å². The predicted molar refractivity (Wildman–Crippen MR) is 382 cm³/mol. The average Bonchev–Trinajstić information content (AvgIpc) is 1.13. The third-order valence-electron chi connectivity index (χ3n) is 17.5. The van der Waals surface area contributed by atoms with Crippen LogP contribution >= 0.6 is 15.6 Å². The first-order valence-corrected chi connectivity index (χ1v) is 42.1. The van der Waals surface area contributed by atoms with Crippen LogP contribution in [0.4, 0.5) is 0 Å². The predicted octanol–water partition coefficient (Wildman–Crippen LogP) is 22.1. The van der Waals surface area contributed by atoms with Crippen LogP contribution in [-0.4, -0.2) is 96.7 Å². The van der Waals surface area contributed by atoms with Gasteiger partial charge in [0.2, 0.25) is 0 Å². The molecule has 0 bridgehead atoms. The standard InChI is InChI=1S/C75H146O17P2/c1-6-9-12-15-18-21-23-25-27-29-30-31-33-35-37-39-41-44-50-55-60-74(79)91-70(64-86-73(78)59-54-49-43-40-38-36-34-32-28-26-24-22-19-16-13-10-7-2)66-89-93(81,82)87-62-69(76)63-88-94(83,84)90-67-71(65-85-72(77)58-53-48-42-20-17-14-11-8-3)92-75(80)61-56-51-46-45-47-52-57-68(4)5/h68-71,76H,6-67H2,1-5H3,(H,81,82)(H,83,84)/t69-,70-,71-/m1/s1. The van der Waals surface area contributed by atoms with Gasteiger partial charge in [-0.05, 0) is 31.6 Å². The lowest BCUT2D eigenvalue weighted by atomic mass is 10.0. The maximum Gasteiger partial charge on any atom is 0.472 e. The maximum absolute atomic E-state index is 13.1. The molecule has 17 nitrogen and oxygen atoms in total. The summed E-state index contributed by atoms with van der Waals surface area (Å²) in [6, 6.07) is 0. The molecule has 0 saturated heterocycles. The lowest BCUT2D eigenvalue weighted by Crippen LogP contribution is -2.30. The van der Waals surface area contributed by atoms with E-state index in [-0.39, 0.29) is 25.7 Å². The molecule has 0 fully saturated rings. The van der Waals surface area contributed by atoms with E-state index in [1.807, 2.05) is 0 Å². The number of phosphoric ester groups is 2. The van der Waals surface area contributed by atoms with E-state index < -0.39 is 97.5 Å². The SMILES string of the molecule is CCCCCCCCCCCCCCCCCCCCCCC(=O)O[C@H](COC(=O)CCCCCCCCCCCCCCCCCCC)COP(=O)(O)OC[C@@H](O)COP(=O)(O)OC[C@@H](COC(=O)CCCCCCCCCC)OC(=O)CCCCCCCCC(C)C. The van der Waals surface area contributed by atoms with Crippen molar-refractivity contribution in [2.75, 3.05) is 39.6 Å². The Bertz CT molecular complexity index is 1810. The smallest absolute Gasteiger partial charge is 0.462 e. The van der Waals surface area contributed by atoms with E-state index >= 15 is 0 Å². The van der Waals surface area contributed by atoms with Gasteiger partial charge in [-0.25, -0.2) is 9.13 Å². The normalized spacial score (nSPS) is 14.0. The minimum atomic E-state index is -4.96. The molecule has 0 rings (SSSR count). The summed E-state index contributed by atoms with van der Waals surface area (Å²) in [5, 5.41) is 10.6. The Morgan fingerprint density at radius 1 is 0.287 bits per heavy atom. The Kier molecular flexibility index (Phi) is 66.8. The zero-order valence-electron chi connectivity index (χ0n) is 61.1. The van der Waals surface area contributed by atoms with Gasteiger partial charge in [-0.3, -0.25) is 37.3 Å². The molecule has 19 heteroatoms. The molecule has 0 spiro atoms. The van der Waals surface area contributed by atoms with Crippen molar-refractivity contribution < 1.29 is 80.2 Å². The molecular formula is C75H146O17P2. The highest BCUT2D eigenvalue weighted by Crippen LogP contribution is 2.45. The number of carbonyl (C=O) groups is 4. The van der Waals surface area contributed by atoms with Gasteiger partial charge >= 0.3 is 39.5 Å². The van der Waals surface area contributed by atoms with Crippen molar-refractivity contribution in [3.63, 3.8) is 0 Å². The van der Waals surface area contributed by atoms with E-state index in [0.29, 0.717) is 31.6 Å². The molecule has 94 heavy (non-hydrogen) atoms. The first-order valence-electron chi connectivity index (χ1n) is 39.1. The third-order valence-corrected chi connectivity index (χ3v) is 19.4. The number of esters is 4. The molecule has 0 saturated carbocycles. The summed E-state index contributed by atoms with van der Waals surface area (Å²) in [7, 11) is -9.90. The Balaban J connectivity index is 5.16. The summed E-state index contributed by atoms with van der Waals surface area (Å²) in [4.78, 5) is 72.6. The molecule has 558 valence electrons. The second kappa shape index (κ2) is 68.2. The topological polar surface area (TPSA) is 237 Å². The van der Waals surface area contributed by atoms with Gasteiger partial charge in [-0.2, -0.15) is 0 Å². The van der Waals surface area contributed by atoms with Crippen LogP contribution in [0.2, 0.25) is 0 Å². The van der Waals surface area contributed by atoms with Gasteiger partial charge in [-0.1, -0.05) is 343 Å². The number of unbranched alkanes of at least 4 members (excludes halogenated alkanes) is 47. The number of hydrogen-bond donors (Lipinski definition) is 3.